The molecule has 0 heteroatoms. The molecule has 0 N–H and O–H groups in total. The molecule has 0 aliphatic heterocycles. The molecule has 16 rings (SSSR count). The van der Waals surface area contributed by atoms with E-state index in [1.165, 1.54) is 66.8 Å². The fourth-order valence-corrected chi connectivity index (χ4v) is 11.5. The van der Waals surface area contributed by atoms with E-state index in [2.05, 4.69) is 218 Å². The predicted molar refractivity (Wildman–Crippen MR) is 230 cm³/mol. The van der Waals surface area contributed by atoms with Crippen LogP contribution in [-0.2, 0) is 0 Å². The third-order valence-electron chi connectivity index (χ3n) is 13.7. The van der Waals surface area contributed by atoms with Gasteiger partial charge in [0.25, 0.3) is 0 Å². The molecule has 0 unspecified atom stereocenters. The molecule has 0 saturated carbocycles. The Morgan fingerprint density at radius 3 is 0.417 bits per heavy atom. The van der Waals surface area contributed by atoms with Gasteiger partial charge in [-0.3, -0.25) is 0 Å². The molecule has 0 radical (unpaired) electrons. The minimum atomic E-state index is -0.0312. The summed E-state index contributed by atoms with van der Waals surface area (Å²) in [7, 11) is 0. The molecule has 0 saturated heterocycles. The first-order valence-electron chi connectivity index (χ1n) is 20.7. The predicted octanol–water partition coefficient (Wildman–Crippen LogP) is 11.6. The van der Waals surface area contributed by atoms with E-state index in [1.54, 1.807) is 0 Å². The van der Waals surface area contributed by atoms with Crippen LogP contribution < -0.4 is 0 Å². The largest absolute Gasteiger partial charge is 0.0619 e. The summed E-state index contributed by atoms with van der Waals surface area (Å²) in [6, 6.07) is 94.6. The quantitative estimate of drug-likeness (QED) is 0.145. The Morgan fingerprint density at radius 2 is 0.300 bits per heavy atom. The molecule has 60 heavy (non-hydrogen) atoms. The topological polar surface area (TPSA) is 0 Å². The zero-order valence-electron chi connectivity index (χ0n) is 32.3. The highest BCUT2D eigenvalue weighted by Crippen LogP contribution is 2.57. The summed E-state index contributed by atoms with van der Waals surface area (Å²) in [5.74, 6) is -0.187. The molecule has 0 spiro atoms. The fraction of sp³-hybridized carbons (Fsp3) is 0.100. The van der Waals surface area contributed by atoms with Gasteiger partial charge >= 0.3 is 0 Å². The lowest BCUT2D eigenvalue weighted by Crippen LogP contribution is -2.26. The van der Waals surface area contributed by atoms with Gasteiger partial charge in [-0.25, -0.2) is 0 Å². The van der Waals surface area contributed by atoms with E-state index < -0.39 is 0 Å². The first kappa shape index (κ1) is 32.9. The maximum absolute atomic E-state index is 3.62. The van der Waals surface area contributed by atoms with Gasteiger partial charge in [-0.05, 0) is 103 Å². The standard InChI is InChI=1S/C60H30/c1-2-20-38-37(19-1)55-39-21-3-4-22-40(39)56(38)50-32-15-16-34-52-54(60-47-29-11-9-27-45(47)58(52)46-28-10-12-30-48(46)60)36-18-17-35-53-51(33-14-13-31-49(50)55)57-41-23-5-7-25-43(41)59(53)44-26-8-6-24-42(44)57/h1-12,19-30,55-60H. The second-order valence-electron chi connectivity index (χ2n) is 16.4. The van der Waals surface area contributed by atoms with Crippen molar-refractivity contribution in [3.63, 3.8) is 0 Å². The molecule has 7 aromatic rings. The van der Waals surface area contributed by atoms with Crippen molar-refractivity contribution >= 4 is 0 Å². The molecule has 0 aromatic heterocycles. The molecular formula is C60H30. The van der Waals surface area contributed by atoms with Crippen molar-refractivity contribution in [2.45, 2.75) is 35.5 Å². The van der Waals surface area contributed by atoms with Crippen LogP contribution in [0, 0.1) is 72.8 Å². The minimum Gasteiger partial charge on any atom is -0.0619 e. The van der Waals surface area contributed by atoms with E-state index >= 15 is 0 Å². The highest BCUT2D eigenvalue weighted by atomic mass is 14.4. The molecule has 9 aliphatic carbocycles. The number of hydrogen-bond donors (Lipinski definition) is 0. The molecule has 0 atom stereocenters. The van der Waals surface area contributed by atoms with Crippen molar-refractivity contribution in [2.75, 3.05) is 0 Å². The summed E-state index contributed by atoms with van der Waals surface area (Å²) in [5, 5.41) is 0. The molecular weight excluding hydrogens is 721 g/mol. The summed E-state index contributed by atoms with van der Waals surface area (Å²) >= 11 is 0. The zero-order valence-corrected chi connectivity index (χ0v) is 32.3. The summed E-state index contributed by atoms with van der Waals surface area (Å²) in [4.78, 5) is 0. The van der Waals surface area contributed by atoms with Crippen LogP contribution in [-0.4, -0.2) is 0 Å². The highest BCUT2D eigenvalue weighted by molar-refractivity contribution is 5.69. The molecule has 0 fully saturated rings. The lowest BCUT2D eigenvalue weighted by Gasteiger charge is -2.40. The summed E-state index contributed by atoms with van der Waals surface area (Å²) in [6.45, 7) is 0. The van der Waals surface area contributed by atoms with Crippen molar-refractivity contribution in [2.24, 2.45) is 0 Å². The fourth-order valence-electron chi connectivity index (χ4n) is 11.5. The van der Waals surface area contributed by atoms with Crippen LogP contribution in [0.2, 0.25) is 0 Å². The molecule has 7 aromatic carbocycles. The third-order valence-corrected chi connectivity index (χ3v) is 13.7. The maximum Gasteiger partial charge on any atom is 0.0435 e. The van der Waals surface area contributed by atoms with Crippen LogP contribution in [0.4, 0.5) is 0 Å². The maximum atomic E-state index is 3.62. The molecule has 6 bridgehead atoms. The van der Waals surface area contributed by atoms with Gasteiger partial charge in [-0.15, -0.1) is 0 Å². The smallest absolute Gasteiger partial charge is 0.0435 e. The molecule has 9 aliphatic rings. The lowest BCUT2D eigenvalue weighted by atomic mass is 9.62. The van der Waals surface area contributed by atoms with Crippen molar-refractivity contribution in [1.82, 2.24) is 0 Å². The molecule has 0 heterocycles. The highest BCUT2D eigenvalue weighted by Gasteiger charge is 2.43. The first-order valence-corrected chi connectivity index (χ1v) is 20.7. The van der Waals surface area contributed by atoms with E-state index in [-0.39, 0.29) is 35.5 Å². The summed E-state index contributed by atoms with van der Waals surface area (Å²) < 4.78 is 0. The number of rotatable bonds is 0. The average Bonchev–Trinajstić information content (AvgIpc) is 3.31. The Balaban J connectivity index is 1.10. The van der Waals surface area contributed by atoms with Gasteiger partial charge in [-0.1, -0.05) is 182 Å². The van der Waals surface area contributed by atoms with Gasteiger partial charge in [0.2, 0.25) is 0 Å². The molecule has 0 nitrogen and oxygen atoms in total. The first-order chi connectivity index (χ1) is 29.8. The van der Waals surface area contributed by atoms with Crippen molar-refractivity contribution in [3.05, 3.63) is 319 Å². The molecule has 0 amide bonds. The van der Waals surface area contributed by atoms with Crippen LogP contribution in [0.15, 0.2) is 146 Å². The van der Waals surface area contributed by atoms with Crippen LogP contribution >= 0.6 is 0 Å². The van der Waals surface area contributed by atoms with Crippen molar-refractivity contribution in [3.8, 4) is 0 Å². The van der Waals surface area contributed by atoms with E-state index in [4.69, 9.17) is 0 Å². The molecule has 270 valence electrons. The van der Waals surface area contributed by atoms with Gasteiger partial charge in [0, 0.05) is 68.9 Å². The third kappa shape index (κ3) is 4.50. The van der Waals surface area contributed by atoms with E-state index in [9.17, 15) is 0 Å². The summed E-state index contributed by atoms with van der Waals surface area (Å²) in [5.41, 5.74) is 21.6. The van der Waals surface area contributed by atoms with Crippen molar-refractivity contribution < 1.29 is 0 Å². The van der Waals surface area contributed by atoms with Crippen LogP contribution in [0.5, 0.6) is 0 Å². The van der Waals surface area contributed by atoms with Crippen LogP contribution in [0.1, 0.15) is 136 Å². The van der Waals surface area contributed by atoms with Gasteiger partial charge in [0.1, 0.15) is 0 Å². The van der Waals surface area contributed by atoms with Crippen molar-refractivity contribution in [1.29, 1.82) is 0 Å². The second-order valence-corrected chi connectivity index (χ2v) is 16.4. The minimum absolute atomic E-state index is 0.0312. The van der Waals surface area contributed by atoms with Crippen LogP contribution in [0.3, 0.4) is 0 Å². The van der Waals surface area contributed by atoms with Gasteiger partial charge in [0.15, 0.2) is 0 Å². The normalized spacial score (nSPS) is 20.2. The number of benzene rings is 6. The monoisotopic (exact) mass is 750 g/mol. The van der Waals surface area contributed by atoms with E-state index in [0.29, 0.717) is 0 Å². The lowest BCUT2D eigenvalue weighted by molar-refractivity contribution is 0.756. The second kappa shape index (κ2) is 12.7. The summed E-state index contributed by atoms with van der Waals surface area (Å²) in [6.07, 6.45) is 0. The Hall–Kier alpha value is -8.10. The number of hydrogen-bond acceptors (Lipinski definition) is 0. The SMILES string of the molecule is c1c#cc2c(c#cc#cc3c(c#cc#cc4c(c#1)C1c5ccccc5C4c4ccccc41)C1c4ccccc4C3c3ccccc31)C1c3ccccc3C2c2ccccc21. The van der Waals surface area contributed by atoms with E-state index in [1.807, 2.05) is 0 Å². The van der Waals surface area contributed by atoms with Gasteiger partial charge in [-0.2, -0.15) is 0 Å². The Kier molecular flexibility index (Phi) is 6.97. The Labute approximate surface area is 352 Å². The van der Waals surface area contributed by atoms with E-state index in [0.717, 1.165) is 33.4 Å². The Morgan fingerprint density at radius 1 is 0.183 bits per heavy atom. The Bertz CT molecular complexity index is 2480. The zero-order chi connectivity index (χ0) is 39.3. The average molecular weight is 751 g/mol. The van der Waals surface area contributed by atoms with Gasteiger partial charge in [0.05, 0.1) is 0 Å². The van der Waals surface area contributed by atoms with Gasteiger partial charge < -0.3 is 0 Å². The van der Waals surface area contributed by atoms with Crippen LogP contribution in [0.25, 0.3) is 0 Å².